The van der Waals surface area contributed by atoms with Crippen LogP contribution < -0.4 is 0 Å². The number of hydrogen-bond donors (Lipinski definition) is 0. The average molecular weight is 181 g/mol. The summed E-state index contributed by atoms with van der Waals surface area (Å²) in [4.78, 5) is 20.8. The molecule has 0 aliphatic heterocycles. The van der Waals surface area contributed by atoms with Crippen molar-refractivity contribution in [2.75, 3.05) is 0 Å². The van der Waals surface area contributed by atoms with E-state index in [0.717, 1.165) is 0 Å². The molecule has 0 aliphatic carbocycles. The molecular weight excluding hydrogens is 176 g/mol. The molecule has 0 bridgehead atoms. The van der Waals surface area contributed by atoms with Crippen LogP contribution in [0, 0.1) is 0 Å². The predicted octanol–water partition coefficient (Wildman–Crippen LogP) is 1.91. The van der Waals surface area contributed by atoms with Crippen molar-refractivity contribution in [3.05, 3.63) is 35.4 Å². The number of carbonyl (C=O) groups excluding carboxylic acids is 2. The van der Waals surface area contributed by atoms with Crippen LogP contribution in [-0.4, -0.2) is 11.2 Å². The Balaban J connectivity index is 3.26. The normalized spacial score (nSPS) is 8.75. The largest absolute Gasteiger partial charge is 0.276 e. The van der Waals surface area contributed by atoms with Crippen LogP contribution >= 0.6 is 11.6 Å². The van der Waals surface area contributed by atoms with Gasteiger partial charge in [0, 0.05) is 11.6 Å². The molecule has 0 spiro atoms. The van der Waals surface area contributed by atoms with Gasteiger partial charge < -0.3 is 0 Å². The van der Waals surface area contributed by atoms with E-state index in [0.29, 0.717) is 11.1 Å². The molecule has 0 aliphatic rings. The molecule has 0 fully saturated rings. The Morgan fingerprint density at radius 1 is 1.42 bits per heavy atom. The zero-order valence-electron chi connectivity index (χ0n) is 6.08. The Bertz CT molecular complexity index is 330. The second-order valence-corrected chi connectivity index (χ2v) is 2.47. The minimum absolute atomic E-state index is 0.322. The van der Waals surface area contributed by atoms with Crippen molar-refractivity contribution in [3.8, 4) is 0 Å². The lowest BCUT2D eigenvalue weighted by atomic mass is 10.1. The molecule has 12 heavy (non-hydrogen) atoms. The van der Waals surface area contributed by atoms with Gasteiger partial charge in [0.15, 0.2) is 0 Å². The lowest BCUT2D eigenvalue weighted by Crippen LogP contribution is -1.91. The van der Waals surface area contributed by atoms with E-state index in [1.54, 1.807) is 30.2 Å². The van der Waals surface area contributed by atoms with Crippen molar-refractivity contribution in [3.63, 3.8) is 0 Å². The first-order chi connectivity index (χ1) is 5.75. The van der Waals surface area contributed by atoms with Crippen LogP contribution in [0.15, 0.2) is 24.3 Å². The third-order valence-electron chi connectivity index (χ3n) is 1.39. The lowest BCUT2D eigenvalue weighted by molar-refractivity contribution is 0.108. The smallest absolute Gasteiger partial charge is 0.253 e. The number of hydrogen-bond acceptors (Lipinski definition) is 2. The topological polar surface area (TPSA) is 34.1 Å². The second kappa shape index (κ2) is 3.86. The van der Waals surface area contributed by atoms with Gasteiger partial charge in [-0.1, -0.05) is 18.2 Å². The van der Waals surface area contributed by atoms with Crippen molar-refractivity contribution in [1.82, 2.24) is 0 Å². The van der Waals surface area contributed by atoms with Gasteiger partial charge in [0.25, 0.3) is 5.24 Å². The van der Waals surface area contributed by atoms with Crippen molar-refractivity contribution in [2.45, 2.75) is 0 Å². The Hall–Kier alpha value is -1.37. The summed E-state index contributed by atoms with van der Waals surface area (Å²) in [6.07, 6.45) is 1.18. The van der Waals surface area contributed by atoms with Crippen molar-refractivity contribution in [1.29, 1.82) is 0 Å². The molecule has 0 unspecified atom stereocenters. The van der Waals surface area contributed by atoms with E-state index in [2.05, 4.69) is 0 Å². The van der Waals surface area contributed by atoms with E-state index in [4.69, 9.17) is 11.6 Å². The number of benzene rings is 1. The van der Waals surface area contributed by atoms with Crippen LogP contribution in [0.5, 0.6) is 0 Å². The summed E-state index contributed by atoms with van der Waals surface area (Å²) < 4.78 is 0. The first-order valence-electron chi connectivity index (χ1n) is 3.25. The fraction of sp³-hybridized carbons (Fsp3) is 0. The molecule has 0 N–H and O–H groups in total. The SMILES string of the molecule is O=C=Cc1ccccc1C(=O)Cl. The minimum Gasteiger partial charge on any atom is -0.276 e. The highest BCUT2D eigenvalue weighted by Gasteiger charge is 2.04. The van der Waals surface area contributed by atoms with Crippen LogP contribution in [0.2, 0.25) is 0 Å². The Morgan fingerprint density at radius 3 is 2.67 bits per heavy atom. The minimum atomic E-state index is -0.572. The van der Waals surface area contributed by atoms with Gasteiger partial charge in [-0.15, -0.1) is 0 Å². The van der Waals surface area contributed by atoms with Gasteiger partial charge in [-0.2, -0.15) is 0 Å². The van der Waals surface area contributed by atoms with Gasteiger partial charge >= 0.3 is 0 Å². The molecule has 1 aromatic rings. The molecule has 0 saturated carbocycles. The maximum Gasteiger partial charge on any atom is 0.253 e. The first kappa shape index (κ1) is 8.72. The van der Waals surface area contributed by atoms with E-state index in [1.165, 1.54) is 6.08 Å². The van der Waals surface area contributed by atoms with Gasteiger partial charge in [0.05, 0.1) is 0 Å². The standard InChI is InChI=1S/C9H5ClO2/c10-9(12)8-4-2-1-3-7(8)5-6-11/h1-5H. The molecule has 0 amide bonds. The third-order valence-corrected chi connectivity index (χ3v) is 1.59. The van der Waals surface area contributed by atoms with E-state index in [-0.39, 0.29) is 0 Å². The third kappa shape index (κ3) is 1.82. The van der Waals surface area contributed by atoms with Crippen molar-refractivity contribution >= 4 is 28.9 Å². The van der Waals surface area contributed by atoms with Crippen molar-refractivity contribution < 1.29 is 9.59 Å². The highest BCUT2D eigenvalue weighted by Crippen LogP contribution is 2.11. The molecule has 2 nitrogen and oxygen atoms in total. The van der Waals surface area contributed by atoms with E-state index in [1.807, 2.05) is 0 Å². The Labute approximate surface area is 74.5 Å². The molecule has 0 saturated heterocycles. The maximum absolute atomic E-state index is 10.8. The van der Waals surface area contributed by atoms with Crippen LogP contribution in [0.25, 0.3) is 6.08 Å². The summed E-state index contributed by atoms with van der Waals surface area (Å²) in [5, 5.41) is -0.572. The summed E-state index contributed by atoms with van der Waals surface area (Å²) in [6.45, 7) is 0. The maximum atomic E-state index is 10.8. The fourth-order valence-electron chi connectivity index (χ4n) is 0.865. The van der Waals surface area contributed by atoms with Crippen LogP contribution in [-0.2, 0) is 4.79 Å². The molecule has 0 heterocycles. The number of halogens is 1. The molecular formula is C9H5ClO2. The van der Waals surface area contributed by atoms with Crippen molar-refractivity contribution in [2.24, 2.45) is 0 Å². The molecule has 1 aromatic carbocycles. The highest BCUT2D eigenvalue weighted by molar-refractivity contribution is 6.68. The van der Waals surface area contributed by atoms with Gasteiger partial charge in [0.2, 0.25) is 0 Å². The Kier molecular flexibility index (Phi) is 2.81. The van der Waals surface area contributed by atoms with Crippen LogP contribution in [0.4, 0.5) is 0 Å². The predicted molar refractivity (Wildman–Crippen MR) is 46.8 cm³/mol. The summed E-state index contributed by atoms with van der Waals surface area (Å²) >= 11 is 5.26. The fourth-order valence-corrected chi connectivity index (χ4v) is 1.04. The van der Waals surface area contributed by atoms with Gasteiger partial charge in [-0.25, -0.2) is 4.79 Å². The second-order valence-electron chi connectivity index (χ2n) is 2.12. The van der Waals surface area contributed by atoms with Crippen LogP contribution in [0.1, 0.15) is 15.9 Å². The summed E-state index contributed by atoms with van der Waals surface area (Å²) in [5.41, 5.74) is 0.815. The van der Waals surface area contributed by atoms with E-state index >= 15 is 0 Å². The van der Waals surface area contributed by atoms with E-state index in [9.17, 15) is 9.59 Å². The quantitative estimate of drug-likeness (QED) is 0.515. The first-order valence-corrected chi connectivity index (χ1v) is 3.63. The summed E-state index contributed by atoms with van der Waals surface area (Å²) in [7, 11) is 0. The van der Waals surface area contributed by atoms with Gasteiger partial charge in [0.1, 0.15) is 5.94 Å². The summed E-state index contributed by atoms with van der Waals surface area (Å²) in [6, 6.07) is 6.57. The Morgan fingerprint density at radius 2 is 2.08 bits per heavy atom. The highest BCUT2D eigenvalue weighted by atomic mass is 35.5. The molecule has 60 valence electrons. The van der Waals surface area contributed by atoms with E-state index < -0.39 is 5.24 Å². The van der Waals surface area contributed by atoms with Gasteiger partial charge in [-0.3, -0.25) is 4.79 Å². The molecule has 0 radical (unpaired) electrons. The molecule has 1 rings (SSSR count). The molecule has 0 aromatic heterocycles. The number of carbonyl (C=O) groups is 1. The average Bonchev–Trinajstić information content (AvgIpc) is 2.05. The zero-order chi connectivity index (χ0) is 8.97. The number of rotatable bonds is 2. The van der Waals surface area contributed by atoms with Gasteiger partial charge in [-0.05, 0) is 23.2 Å². The zero-order valence-corrected chi connectivity index (χ0v) is 6.84. The van der Waals surface area contributed by atoms with Crippen LogP contribution in [0.3, 0.4) is 0 Å². The summed E-state index contributed by atoms with van der Waals surface area (Å²) in [5.74, 6) is 1.59. The molecule has 3 heteroatoms. The lowest BCUT2D eigenvalue weighted by Gasteiger charge is -1.96. The molecule has 0 atom stereocenters. The monoisotopic (exact) mass is 180 g/mol.